The molecule has 1 aliphatic carbocycles. The topological polar surface area (TPSA) is 87.4 Å². The van der Waals surface area contributed by atoms with Gasteiger partial charge >= 0.3 is 18.3 Å². The molecule has 0 saturated heterocycles. The Labute approximate surface area is 250 Å². The summed E-state index contributed by atoms with van der Waals surface area (Å²) in [6.07, 6.45) is -6.22. The molecule has 1 atom stereocenters. The molecule has 238 valence electrons. The monoisotopic (exact) mass is 624 g/mol. The molecule has 1 N–H and O–H groups in total. The number of nitrogens with zero attached hydrogens (tertiary/aromatic N) is 6. The number of aliphatic carboxylic acids is 1. The molecule has 44 heavy (non-hydrogen) atoms. The minimum atomic E-state index is -4.60. The minimum absolute atomic E-state index is 0.0275. The predicted octanol–water partition coefficient (Wildman–Crippen LogP) is 6.86. The van der Waals surface area contributed by atoms with Gasteiger partial charge < -0.3 is 14.9 Å². The van der Waals surface area contributed by atoms with Crippen LogP contribution in [0, 0.1) is 19.8 Å². The molecule has 1 unspecified atom stereocenters. The Bertz CT molecular complexity index is 1510. The summed E-state index contributed by atoms with van der Waals surface area (Å²) in [6, 6.07) is 5.73. The van der Waals surface area contributed by atoms with Gasteiger partial charge in [0.15, 0.2) is 0 Å². The first-order chi connectivity index (χ1) is 20.6. The fourth-order valence-corrected chi connectivity index (χ4v) is 6.63. The Balaban J connectivity index is 1.62. The van der Waals surface area contributed by atoms with Crippen molar-refractivity contribution in [3.8, 4) is 0 Å². The molecule has 0 spiro atoms. The number of aryl methyl sites for hydroxylation is 3. The van der Waals surface area contributed by atoms with E-state index >= 15 is 0 Å². The maximum Gasteiger partial charge on any atom is 0.416 e. The number of aromatic nitrogens is 4. The van der Waals surface area contributed by atoms with E-state index in [9.17, 15) is 36.2 Å². The molecule has 2 aromatic carbocycles. The molecule has 0 radical (unpaired) electrons. The predicted molar refractivity (Wildman–Crippen MR) is 150 cm³/mol. The number of hydrogen-bond donors (Lipinski definition) is 1. The summed E-state index contributed by atoms with van der Waals surface area (Å²) < 4.78 is 83.7. The van der Waals surface area contributed by atoms with Crippen molar-refractivity contribution in [2.24, 2.45) is 13.0 Å². The molecule has 2 aliphatic rings. The first-order valence-electron chi connectivity index (χ1n) is 14.5. The largest absolute Gasteiger partial charge is 0.481 e. The van der Waals surface area contributed by atoms with Crippen molar-refractivity contribution in [1.82, 2.24) is 20.2 Å². The lowest BCUT2D eigenvalue weighted by Crippen LogP contribution is -2.40. The number of carboxylic acid groups (broad SMARTS) is 1. The Kier molecular flexibility index (Phi) is 8.56. The highest BCUT2D eigenvalue weighted by atomic mass is 19.4. The zero-order valence-electron chi connectivity index (χ0n) is 24.6. The fourth-order valence-electron chi connectivity index (χ4n) is 6.63. The van der Waals surface area contributed by atoms with E-state index in [4.69, 9.17) is 0 Å². The number of carbonyl (C=O) groups is 1. The third-order valence-corrected chi connectivity index (χ3v) is 8.66. The highest BCUT2D eigenvalue weighted by Gasteiger charge is 2.39. The molecule has 8 nitrogen and oxygen atoms in total. The number of alkyl halides is 6. The van der Waals surface area contributed by atoms with Gasteiger partial charge in [0.1, 0.15) is 0 Å². The molecule has 1 saturated carbocycles. The normalized spacial score (nSPS) is 21.1. The van der Waals surface area contributed by atoms with Crippen molar-refractivity contribution in [3.63, 3.8) is 0 Å². The van der Waals surface area contributed by atoms with E-state index in [1.54, 1.807) is 24.9 Å². The van der Waals surface area contributed by atoms with Crippen LogP contribution in [0.1, 0.15) is 77.9 Å². The van der Waals surface area contributed by atoms with Gasteiger partial charge in [0, 0.05) is 24.8 Å². The summed E-state index contributed by atoms with van der Waals surface area (Å²) in [7, 11) is 1.55. The number of tetrazole rings is 1. The number of rotatable bonds is 6. The smallest absolute Gasteiger partial charge is 0.416 e. The molecule has 0 bridgehead atoms. The van der Waals surface area contributed by atoms with Crippen molar-refractivity contribution >= 4 is 17.6 Å². The quantitative estimate of drug-likeness (QED) is 0.300. The molecule has 0 amide bonds. The third-order valence-electron chi connectivity index (χ3n) is 8.66. The van der Waals surface area contributed by atoms with Crippen LogP contribution >= 0.6 is 0 Å². The molecular formula is C30H34F6N6O2. The number of hydrogen-bond acceptors (Lipinski definition) is 6. The van der Waals surface area contributed by atoms with E-state index in [0.29, 0.717) is 67.4 Å². The van der Waals surface area contributed by atoms with Crippen LogP contribution < -0.4 is 9.80 Å². The Morgan fingerprint density at radius 1 is 0.977 bits per heavy atom. The van der Waals surface area contributed by atoms with E-state index in [2.05, 4.69) is 15.4 Å². The van der Waals surface area contributed by atoms with Crippen LogP contribution in [0.5, 0.6) is 0 Å². The van der Waals surface area contributed by atoms with Crippen molar-refractivity contribution in [3.05, 3.63) is 63.7 Å². The second kappa shape index (κ2) is 11.9. The first-order valence-corrected chi connectivity index (χ1v) is 14.5. The molecule has 14 heteroatoms. The molecule has 5 rings (SSSR count). The van der Waals surface area contributed by atoms with Crippen molar-refractivity contribution < 1.29 is 36.2 Å². The van der Waals surface area contributed by atoms with Crippen LogP contribution in [0.3, 0.4) is 0 Å². The maximum absolute atomic E-state index is 14.2. The highest BCUT2D eigenvalue weighted by molar-refractivity contribution is 5.70. The maximum atomic E-state index is 14.2. The average molecular weight is 625 g/mol. The van der Waals surface area contributed by atoms with Crippen LogP contribution in [-0.2, 0) is 30.7 Å². The highest BCUT2D eigenvalue weighted by Crippen LogP contribution is 2.45. The zero-order valence-corrected chi connectivity index (χ0v) is 24.6. The lowest BCUT2D eigenvalue weighted by molar-refractivity contribution is -0.143. The number of fused-ring (bicyclic) bond motifs is 1. The van der Waals surface area contributed by atoms with Gasteiger partial charge in [-0.3, -0.25) is 4.79 Å². The van der Waals surface area contributed by atoms with E-state index < -0.39 is 41.4 Å². The molecule has 3 aromatic rings. The Morgan fingerprint density at radius 3 is 2.27 bits per heavy atom. The lowest BCUT2D eigenvalue weighted by atomic mass is 9.85. The van der Waals surface area contributed by atoms with Gasteiger partial charge in [0.25, 0.3) is 5.95 Å². The Hall–Kier alpha value is -3.84. The minimum Gasteiger partial charge on any atom is -0.481 e. The number of anilines is 2. The van der Waals surface area contributed by atoms with Gasteiger partial charge in [-0.1, -0.05) is 22.8 Å². The van der Waals surface area contributed by atoms with Gasteiger partial charge in [-0.15, -0.1) is 5.10 Å². The van der Waals surface area contributed by atoms with Crippen LogP contribution in [-0.4, -0.2) is 43.9 Å². The van der Waals surface area contributed by atoms with E-state index in [-0.39, 0.29) is 24.1 Å². The van der Waals surface area contributed by atoms with Gasteiger partial charge in [-0.05, 0) is 92.5 Å². The fraction of sp³-hybridized carbons (Fsp3) is 0.533. The standard InChI is InChI=1S/C30H34F6N6O2/c1-17-11-19(14-21(12-17)29(31,32)33)16-42(28-37-39-40(3)38-28)25-5-4-10-41(22-8-6-20(7-9-22)27(43)44)26-15-24(30(34,35)36)18(2)13-23(25)26/h11-15,20,22,25H,4-10,16H2,1-3H3,(H,43,44). The van der Waals surface area contributed by atoms with Crippen LogP contribution in [0.2, 0.25) is 0 Å². The van der Waals surface area contributed by atoms with E-state index in [1.165, 1.54) is 23.9 Å². The van der Waals surface area contributed by atoms with Gasteiger partial charge in [0.2, 0.25) is 0 Å². The average Bonchev–Trinajstić information content (AvgIpc) is 3.28. The van der Waals surface area contributed by atoms with Crippen molar-refractivity contribution in [2.45, 2.75) is 83.4 Å². The second-order valence-electron chi connectivity index (χ2n) is 11.8. The molecule has 1 aliphatic heterocycles. The summed E-state index contributed by atoms with van der Waals surface area (Å²) >= 11 is 0. The first kappa shape index (κ1) is 31.6. The zero-order chi connectivity index (χ0) is 32.0. The Morgan fingerprint density at radius 2 is 1.68 bits per heavy atom. The number of carboxylic acids is 1. The second-order valence-corrected chi connectivity index (χ2v) is 11.8. The van der Waals surface area contributed by atoms with Crippen LogP contribution in [0.25, 0.3) is 0 Å². The van der Waals surface area contributed by atoms with E-state index in [1.807, 2.05) is 4.90 Å². The third kappa shape index (κ3) is 6.63. The lowest BCUT2D eigenvalue weighted by Gasteiger charge is -2.39. The molecule has 2 heterocycles. The molecule has 1 fully saturated rings. The molecular weight excluding hydrogens is 590 g/mol. The summed E-state index contributed by atoms with van der Waals surface area (Å²) in [5.74, 6) is -1.21. The van der Waals surface area contributed by atoms with Crippen LogP contribution in [0.15, 0.2) is 30.3 Å². The number of halogens is 6. The van der Waals surface area contributed by atoms with Crippen molar-refractivity contribution in [2.75, 3.05) is 16.3 Å². The van der Waals surface area contributed by atoms with Gasteiger partial charge in [0.05, 0.1) is 30.1 Å². The van der Waals surface area contributed by atoms with Gasteiger partial charge in [-0.25, -0.2) is 0 Å². The van der Waals surface area contributed by atoms with E-state index in [0.717, 1.165) is 12.1 Å². The van der Waals surface area contributed by atoms with Crippen molar-refractivity contribution in [1.29, 1.82) is 0 Å². The van der Waals surface area contributed by atoms with Crippen LogP contribution in [0.4, 0.5) is 38.0 Å². The summed E-state index contributed by atoms with van der Waals surface area (Å²) in [4.78, 5) is 16.5. The summed E-state index contributed by atoms with van der Waals surface area (Å²) in [5, 5.41) is 21.9. The van der Waals surface area contributed by atoms with Gasteiger partial charge in [-0.2, -0.15) is 31.1 Å². The molecule has 1 aromatic heterocycles. The number of benzene rings is 2. The summed E-state index contributed by atoms with van der Waals surface area (Å²) in [6.45, 7) is 3.37. The summed E-state index contributed by atoms with van der Waals surface area (Å²) in [5.41, 5.74) is 0.205. The SMILES string of the molecule is Cc1cc(CN(c2nnn(C)n2)C2CCCN(C3CCC(C(=O)O)CC3)c3cc(C(F)(F)F)c(C)cc32)cc(C(F)(F)F)c1.